The van der Waals surface area contributed by atoms with E-state index in [1.165, 1.54) is 0 Å². The summed E-state index contributed by atoms with van der Waals surface area (Å²) in [5, 5.41) is 35.0. The highest BCUT2D eigenvalue weighted by molar-refractivity contribution is 6.14. The van der Waals surface area contributed by atoms with Crippen LogP contribution in [0.3, 0.4) is 0 Å². The van der Waals surface area contributed by atoms with Gasteiger partial charge in [0.05, 0.1) is 12.4 Å². The van der Waals surface area contributed by atoms with E-state index in [-0.39, 0.29) is 44.7 Å². The third kappa shape index (κ3) is 17.2. The minimum absolute atomic E-state index is 0. The molecule has 99 heavy (non-hydrogen) atoms. The molecule has 0 heterocycles. The lowest BCUT2D eigenvalue weighted by Crippen LogP contribution is -3.00. The van der Waals surface area contributed by atoms with Crippen molar-refractivity contribution < 1.29 is 44.5 Å². The van der Waals surface area contributed by atoms with E-state index >= 15 is 0 Å². The van der Waals surface area contributed by atoms with Gasteiger partial charge in [0.25, 0.3) is 5.91 Å². The van der Waals surface area contributed by atoms with E-state index < -0.39 is 11.8 Å². The number of hydrogen-bond donors (Lipinski definition) is 1. The molecule has 0 bridgehead atoms. The van der Waals surface area contributed by atoms with E-state index in [2.05, 4.69) is 69.3 Å². The summed E-state index contributed by atoms with van der Waals surface area (Å²) >= 11 is 0. The number of carbonyl (C=O) groups is 1. The van der Waals surface area contributed by atoms with E-state index in [1.807, 2.05) is 243 Å². The van der Waals surface area contributed by atoms with Crippen LogP contribution in [0, 0.1) is 0 Å². The van der Waals surface area contributed by atoms with Crippen molar-refractivity contribution >= 4 is 67.3 Å². The summed E-state index contributed by atoms with van der Waals surface area (Å²) in [5.74, 6) is 1.38. The predicted molar refractivity (Wildman–Crippen MR) is 391 cm³/mol. The largest absolute Gasteiger partial charge is 1.00 e. The second-order valence-corrected chi connectivity index (χ2v) is 23.1. The fourth-order valence-corrected chi connectivity index (χ4v) is 11.3. The van der Waals surface area contributed by atoms with Crippen molar-refractivity contribution in [3.8, 4) is 34.5 Å². The van der Waals surface area contributed by atoms with Crippen LogP contribution in [-0.2, 0) is 39.6 Å². The van der Waals surface area contributed by atoms with Gasteiger partial charge in [-0.05, 0) is 118 Å². The molecule has 0 atom stereocenters. The predicted octanol–water partition coefficient (Wildman–Crippen LogP) is 15.5. The molecule has 0 aliphatic rings. The molecule has 12 nitrogen and oxygen atoms in total. The highest BCUT2D eigenvalue weighted by Gasteiger charge is 2.22. The maximum Gasteiger partial charge on any atom is 1.00 e. The second-order valence-electron chi connectivity index (χ2n) is 23.1. The fraction of sp³-hybridized carbons (Fsp3) is 0.0698. The molecule has 0 unspecified atom stereocenters. The number of ether oxygens (including phenoxy) is 6. The molecule has 0 saturated carbocycles. The van der Waals surface area contributed by atoms with Crippen molar-refractivity contribution in [1.82, 2.24) is 5.43 Å². The summed E-state index contributed by atoms with van der Waals surface area (Å²) in [7, 11) is 0. The zero-order valence-corrected chi connectivity index (χ0v) is 53.9. The molecule has 488 valence electrons. The fourth-order valence-electron chi connectivity index (χ4n) is 11.3. The van der Waals surface area contributed by atoms with Gasteiger partial charge in [-0.1, -0.05) is 279 Å². The quantitative estimate of drug-likeness (QED) is 0.0272. The summed E-state index contributed by atoms with van der Waals surface area (Å²) < 4.78 is 38.1. The molecule has 14 aromatic carbocycles. The smallest absolute Gasteiger partial charge is 1.00 e. The Balaban J connectivity index is 0.000000198. The average molecular weight is 1300 g/mol. The first-order chi connectivity index (χ1) is 48.4. The second kappa shape index (κ2) is 33.0. The number of nitrogens with one attached hydrogen (secondary N) is 1. The Labute approximate surface area is 574 Å². The number of fused-ring (bicyclic) bond motifs is 4. The minimum atomic E-state index is -0.537. The first-order valence-electron chi connectivity index (χ1n) is 32.2. The van der Waals surface area contributed by atoms with Crippen LogP contribution in [0.2, 0.25) is 0 Å². The molecule has 13 heteroatoms. The maximum atomic E-state index is 13.7. The zero-order valence-electron chi connectivity index (χ0n) is 54.9. The van der Waals surface area contributed by atoms with Crippen LogP contribution in [0.25, 0.3) is 43.1 Å². The summed E-state index contributed by atoms with van der Waals surface area (Å²) in [6.07, 6.45) is 3.36. The standard InChI is InChI=1S/2C43H34N2O4.FH/c2*46-43(45-44-27-39-37-22-12-10-20-34(37)24-35-21-11-13-23-38(35)39)36-25-40(47-28-31-14-4-1-5-15-31)42(49-30-33-18-8-3-9-19-33)41(26-36)48-29-32-16-6-2-7-17-32;/h2*1-27H,28-30H2,(H,45,46);1H/p-1/b2*44-27+;. The molecule has 0 fully saturated rings. The summed E-state index contributed by atoms with van der Waals surface area (Å²) in [6, 6.07) is 103. The van der Waals surface area contributed by atoms with E-state index in [0.29, 0.717) is 46.7 Å². The summed E-state index contributed by atoms with van der Waals surface area (Å²) in [4.78, 5) is 13.7. The Morgan fingerprint density at radius 2 is 0.596 bits per heavy atom. The molecule has 0 spiro atoms. The van der Waals surface area contributed by atoms with Gasteiger partial charge in [0.15, 0.2) is 23.0 Å². The van der Waals surface area contributed by atoms with Gasteiger partial charge in [0.1, 0.15) is 39.6 Å². The molecular formula is C86H68FN4O8-. The van der Waals surface area contributed by atoms with Crippen LogP contribution in [0.1, 0.15) is 61.9 Å². The number of nitrogens with zero attached hydrogens (tertiary/aromatic N) is 3. The molecule has 14 rings (SSSR count). The van der Waals surface area contributed by atoms with Crippen LogP contribution in [-0.4, -0.2) is 24.2 Å². The van der Waals surface area contributed by atoms with Crippen molar-refractivity contribution in [3.63, 3.8) is 0 Å². The summed E-state index contributed by atoms with van der Waals surface area (Å²) in [6.45, 7) is 1.66. The van der Waals surface area contributed by atoms with E-state index in [1.54, 1.807) is 36.7 Å². The number of halogens is 1. The molecule has 1 amide bonds. The number of hydrogen-bond acceptors (Lipinski definition) is 11. The van der Waals surface area contributed by atoms with Gasteiger partial charge < -0.3 is 38.2 Å². The van der Waals surface area contributed by atoms with Crippen molar-refractivity contribution in [2.24, 2.45) is 15.3 Å². The average Bonchev–Trinajstić information content (AvgIpc) is 0.779. The van der Waals surface area contributed by atoms with Gasteiger partial charge in [-0.2, -0.15) is 15.3 Å². The third-order valence-electron chi connectivity index (χ3n) is 16.3. The van der Waals surface area contributed by atoms with Crippen LogP contribution in [0.5, 0.6) is 34.5 Å². The first-order valence-corrected chi connectivity index (χ1v) is 32.2. The van der Waals surface area contributed by atoms with Crippen molar-refractivity contribution in [2.45, 2.75) is 39.6 Å². The number of rotatable bonds is 24. The number of carbonyl (C=O) groups excluding carboxylic acids is 1. The van der Waals surface area contributed by atoms with Crippen LogP contribution < -0.4 is 43.7 Å². The van der Waals surface area contributed by atoms with Gasteiger partial charge in [-0.25, -0.2) is 5.43 Å². The number of hydrazone groups is 1. The number of benzene rings is 14. The Morgan fingerprint density at radius 1 is 0.333 bits per heavy atom. The van der Waals surface area contributed by atoms with E-state index in [0.717, 1.165) is 87.6 Å². The van der Waals surface area contributed by atoms with E-state index in [4.69, 9.17) is 28.4 Å². The monoisotopic (exact) mass is 1300 g/mol. The number of amides is 1. The lowest BCUT2D eigenvalue weighted by molar-refractivity contribution is -0.213. The summed E-state index contributed by atoms with van der Waals surface area (Å²) in [5.41, 5.74) is 11.0. The Morgan fingerprint density at radius 3 is 0.909 bits per heavy atom. The van der Waals surface area contributed by atoms with Gasteiger partial charge in [0, 0.05) is 22.6 Å². The van der Waals surface area contributed by atoms with Gasteiger partial charge in [0.2, 0.25) is 11.5 Å². The third-order valence-corrected chi connectivity index (χ3v) is 16.3. The van der Waals surface area contributed by atoms with Gasteiger partial charge in [-0.3, -0.25) is 4.79 Å². The maximum absolute atomic E-state index is 13.7. The van der Waals surface area contributed by atoms with Crippen molar-refractivity contribution in [1.29, 1.82) is 0 Å². The Kier molecular flexibility index (Phi) is 22.1. The highest BCUT2D eigenvalue weighted by atomic mass is 19.0. The van der Waals surface area contributed by atoms with E-state index in [9.17, 15) is 9.90 Å². The van der Waals surface area contributed by atoms with Gasteiger partial charge >= 0.3 is 1.43 Å². The molecule has 0 aromatic heterocycles. The van der Waals surface area contributed by atoms with Crippen molar-refractivity contribution in [3.05, 3.63) is 371 Å². The minimum Gasteiger partial charge on any atom is -1.00 e. The molecule has 0 saturated heterocycles. The zero-order chi connectivity index (χ0) is 66.5. The lowest BCUT2D eigenvalue weighted by atomic mass is 9.97. The molecule has 0 radical (unpaired) electrons. The first kappa shape index (κ1) is 66.2. The topological polar surface area (TPSA) is 145 Å². The molecule has 14 aromatic rings. The Bertz CT molecular complexity index is 4880. The van der Waals surface area contributed by atoms with Crippen LogP contribution >= 0.6 is 0 Å². The highest BCUT2D eigenvalue weighted by Crippen LogP contribution is 2.42. The van der Waals surface area contributed by atoms with Crippen molar-refractivity contribution in [2.75, 3.05) is 0 Å². The Hall–Kier alpha value is -12.9. The SMILES string of the molecule is O=C(N/N=C/c1c2ccccc2cc2ccccc12)c1cc(OCc2ccccc2)c(OCc2ccccc2)c(OCc2ccccc2)c1.[F-].[H+].[O-]C(=N/N=C/c1c2ccccc2cc2ccccc12)c1cc(OCc2ccccc2)c(OCc2ccccc2)c(OCc2ccccc2)c1. The lowest BCUT2D eigenvalue weighted by Gasteiger charge is -2.20. The molecule has 0 aliphatic heterocycles. The van der Waals surface area contributed by atoms with Crippen LogP contribution in [0.4, 0.5) is 0 Å². The van der Waals surface area contributed by atoms with Crippen LogP contribution in [0.15, 0.2) is 331 Å². The normalized spacial score (nSPS) is 11.3. The van der Waals surface area contributed by atoms with Gasteiger partial charge in [-0.15, -0.1) is 0 Å². The molecule has 1 N–H and O–H groups in total. The molecular weight excluding hydrogens is 1240 g/mol. The molecule has 0 aliphatic carbocycles.